The zero-order valence-corrected chi connectivity index (χ0v) is 11.5. The van der Waals surface area contributed by atoms with Gasteiger partial charge in [-0.15, -0.1) is 0 Å². The second-order valence-electron chi connectivity index (χ2n) is 4.91. The Balaban J connectivity index is 1.87. The molecule has 0 unspecified atom stereocenters. The number of imidazole rings is 1. The van der Waals surface area contributed by atoms with Crippen LogP contribution in [-0.2, 0) is 6.54 Å². The van der Waals surface area contributed by atoms with Gasteiger partial charge in [-0.05, 0) is 17.2 Å². The topological polar surface area (TPSA) is 30.7 Å². The third-order valence-electron chi connectivity index (χ3n) is 3.51. The van der Waals surface area contributed by atoms with E-state index < -0.39 is 0 Å². The molecule has 0 bridgehead atoms. The minimum atomic E-state index is 0.280. The number of benzene rings is 1. The average molecular weight is 263 g/mol. The van der Waals surface area contributed by atoms with E-state index in [1.54, 1.807) is 6.20 Å². The molecule has 0 fully saturated rings. The zero-order chi connectivity index (χ0) is 13.8. The highest BCUT2D eigenvalue weighted by Gasteiger charge is 2.13. The molecule has 0 radical (unpaired) electrons. The van der Waals surface area contributed by atoms with Gasteiger partial charge in [-0.3, -0.25) is 4.98 Å². The number of hydrogen-bond donors (Lipinski definition) is 0. The van der Waals surface area contributed by atoms with Crippen molar-refractivity contribution in [1.82, 2.24) is 14.5 Å². The average Bonchev–Trinajstić information content (AvgIpc) is 2.96. The van der Waals surface area contributed by atoms with Crippen LogP contribution in [0, 0.1) is 0 Å². The van der Waals surface area contributed by atoms with E-state index in [4.69, 9.17) is 0 Å². The predicted octanol–water partition coefficient (Wildman–Crippen LogP) is 3.48. The first kappa shape index (κ1) is 12.6. The summed E-state index contributed by atoms with van der Waals surface area (Å²) in [7, 11) is 0. The van der Waals surface area contributed by atoms with E-state index in [0.717, 1.165) is 12.4 Å². The van der Waals surface area contributed by atoms with Crippen molar-refractivity contribution in [3.63, 3.8) is 0 Å². The van der Waals surface area contributed by atoms with E-state index in [9.17, 15) is 0 Å². The molecule has 2 aromatic heterocycles. The zero-order valence-electron chi connectivity index (χ0n) is 11.5. The van der Waals surface area contributed by atoms with Crippen molar-refractivity contribution in [1.29, 1.82) is 0 Å². The minimum absolute atomic E-state index is 0.280. The Bertz CT molecular complexity index is 659. The number of rotatable bonds is 4. The van der Waals surface area contributed by atoms with Gasteiger partial charge in [0.1, 0.15) is 5.82 Å². The van der Waals surface area contributed by atoms with Gasteiger partial charge in [-0.25, -0.2) is 4.98 Å². The van der Waals surface area contributed by atoms with Crippen LogP contribution in [-0.4, -0.2) is 14.5 Å². The van der Waals surface area contributed by atoms with Gasteiger partial charge in [0, 0.05) is 30.7 Å². The third-order valence-corrected chi connectivity index (χ3v) is 3.51. The van der Waals surface area contributed by atoms with E-state index in [1.165, 1.54) is 11.1 Å². The Morgan fingerprint density at radius 2 is 1.90 bits per heavy atom. The highest BCUT2D eigenvalue weighted by atomic mass is 15.1. The van der Waals surface area contributed by atoms with Crippen molar-refractivity contribution in [2.75, 3.05) is 0 Å². The van der Waals surface area contributed by atoms with Crippen molar-refractivity contribution >= 4 is 0 Å². The summed E-state index contributed by atoms with van der Waals surface area (Å²) in [5, 5.41) is 0. The normalized spacial score (nSPS) is 12.2. The quantitative estimate of drug-likeness (QED) is 0.721. The van der Waals surface area contributed by atoms with Crippen LogP contribution in [0.25, 0.3) is 0 Å². The molecule has 0 aliphatic rings. The molecule has 100 valence electrons. The highest BCUT2D eigenvalue weighted by Crippen LogP contribution is 2.22. The first-order valence-electron chi connectivity index (χ1n) is 6.79. The largest absolute Gasteiger partial charge is 0.330 e. The molecule has 0 amide bonds. The van der Waals surface area contributed by atoms with Gasteiger partial charge in [-0.2, -0.15) is 0 Å². The molecule has 0 saturated heterocycles. The number of pyridine rings is 1. The Kier molecular flexibility index (Phi) is 3.59. The monoisotopic (exact) mass is 263 g/mol. The van der Waals surface area contributed by atoms with Crippen LogP contribution in [0.5, 0.6) is 0 Å². The van der Waals surface area contributed by atoms with Crippen LogP contribution in [0.15, 0.2) is 67.3 Å². The van der Waals surface area contributed by atoms with E-state index in [1.807, 2.05) is 30.7 Å². The molecule has 3 nitrogen and oxygen atoms in total. The van der Waals surface area contributed by atoms with Gasteiger partial charge in [0.05, 0.1) is 6.54 Å². The summed E-state index contributed by atoms with van der Waals surface area (Å²) in [6.07, 6.45) is 7.59. The summed E-state index contributed by atoms with van der Waals surface area (Å²) in [6, 6.07) is 14.5. The molecule has 0 spiro atoms. The van der Waals surface area contributed by atoms with Crippen molar-refractivity contribution < 1.29 is 0 Å². The lowest BCUT2D eigenvalue weighted by atomic mass is 10.0. The number of hydrogen-bond acceptors (Lipinski definition) is 2. The SMILES string of the molecule is C[C@@H](c1ccccc1)c1nccn1Cc1cccnc1. The molecular weight excluding hydrogens is 246 g/mol. The fraction of sp³-hybridized carbons (Fsp3) is 0.176. The molecule has 0 N–H and O–H groups in total. The van der Waals surface area contributed by atoms with E-state index in [0.29, 0.717) is 0 Å². The maximum absolute atomic E-state index is 4.53. The second-order valence-corrected chi connectivity index (χ2v) is 4.91. The summed E-state index contributed by atoms with van der Waals surface area (Å²) in [4.78, 5) is 8.70. The van der Waals surface area contributed by atoms with E-state index >= 15 is 0 Å². The maximum Gasteiger partial charge on any atom is 0.116 e. The summed E-state index contributed by atoms with van der Waals surface area (Å²) >= 11 is 0. The van der Waals surface area contributed by atoms with E-state index in [2.05, 4.69) is 51.8 Å². The minimum Gasteiger partial charge on any atom is -0.330 e. The van der Waals surface area contributed by atoms with Crippen LogP contribution in [0.4, 0.5) is 0 Å². The number of nitrogens with zero attached hydrogens (tertiary/aromatic N) is 3. The van der Waals surface area contributed by atoms with Crippen molar-refractivity contribution in [2.45, 2.75) is 19.4 Å². The lowest BCUT2D eigenvalue weighted by molar-refractivity contribution is 0.688. The van der Waals surface area contributed by atoms with Crippen LogP contribution in [0.2, 0.25) is 0 Å². The highest BCUT2D eigenvalue weighted by molar-refractivity contribution is 5.25. The standard InChI is InChI=1S/C17H17N3/c1-14(16-7-3-2-4-8-16)17-19-10-11-20(17)13-15-6-5-9-18-12-15/h2-12,14H,13H2,1H3/t14-/m0/s1. The van der Waals surface area contributed by atoms with Crippen molar-refractivity contribution in [2.24, 2.45) is 0 Å². The van der Waals surface area contributed by atoms with Gasteiger partial charge in [0.25, 0.3) is 0 Å². The fourth-order valence-electron chi connectivity index (χ4n) is 2.41. The summed E-state index contributed by atoms with van der Waals surface area (Å²) < 4.78 is 2.19. The predicted molar refractivity (Wildman–Crippen MR) is 79.5 cm³/mol. The first-order chi connectivity index (χ1) is 9.84. The molecule has 0 aliphatic carbocycles. The van der Waals surface area contributed by atoms with E-state index in [-0.39, 0.29) is 5.92 Å². The maximum atomic E-state index is 4.53. The Labute approximate surface area is 118 Å². The smallest absolute Gasteiger partial charge is 0.116 e. The molecule has 3 rings (SSSR count). The molecule has 3 aromatic rings. The molecule has 0 saturated carbocycles. The van der Waals surface area contributed by atoms with Crippen LogP contribution in [0.3, 0.4) is 0 Å². The summed E-state index contributed by atoms with van der Waals surface area (Å²) in [5.41, 5.74) is 2.47. The fourth-order valence-corrected chi connectivity index (χ4v) is 2.41. The molecule has 0 aliphatic heterocycles. The van der Waals surface area contributed by atoms with Gasteiger partial charge in [-0.1, -0.05) is 43.3 Å². The molecule has 1 aromatic carbocycles. The second kappa shape index (κ2) is 5.70. The Morgan fingerprint density at radius 3 is 2.65 bits per heavy atom. The molecule has 1 atom stereocenters. The van der Waals surface area contributed by atoms with Gasteiger partial charge >= 0.3 is 0 Å². The molecular formula is C17H17N3. The Hall–Kier alpha value is -2.42. The van der Waals surface area contributed by atoms with Crippen LogP contribution >= 0.6 is 0 Å². The molecule has 20 heavy (non-hydrogen) atoms. The van der Waals surface area contributed by atoms with Gasteiger partial charge in [0.15, 0.2) is 0 Å². The van der Waals surface area contributed by atoms with Gasteiger partial charge in [0.2, 0.25) is 0 Å². The Morgan fingerprint density at radius 1 is 1.05 bits per heavy atom. The first-order valence-corrected chi connectivity index (χ1v) is 6.79. The lowest BCUT2D eigenvalue weighted by Gasteiger charge is -2.14. The molecule has 3 heteroatoms. The van der Waals surface area contributed by atoms with Crippen LogP contribution in [0.1, 0.15) is 29.8 Å². The molecule has 2 heterocycles. The van der Waals surface area contributed by atoms with Crippen molar-refractivity contribution in [3.05, 3.63) is 84.2 Å². The number of aromatic nitrogens is 3. The summed E-state index contributed by atoms with van der Waals surface area (Å²) in [6.45, 7) is 3.00. The summed E-state index contributed by atoms with van der Waals surface area (Å²) in [5.74, 6) is 1.36. The van der Waals surface area contributed by atoms with Crippen molar-refractivity contribution in [3.8, 4) is 0 Å². The lowest BCUT2D eigenvalue weighted by Crippen LogP contribution is -2.08. The van der Waals surface area contributed by atoms with Gasteiger partial charge < -0.3 is 4.57 Å². The third kappa shape index (κ3) is 2.62. The van der Waals surface area contributed by atoms with Crippen LogP contribution < -0.4 is 0 Å².